The van der Waals surface area contributed by atoms with E-state index >= 15 is 0 Å². The molecule has 6 heteroatoms. The molecule has 1 aromatic heterocycles. The van der Waals surface area contributed by atoms with Crippen molar-refractivity contribution in [3.05, 3.63) is 66.0 Å². The fourth-order valence-corrected chi connectivity index (χ4v) is 5.84. The summed E-state index contributed by atoms with van der Waals surface area (Å²) in [5.41, 5.74) is 1.81. The Kier molecular flexibility index (Phi) is 4.82. The number of aromatic nitrogens is 1. The lowest BCUT2D eigenvalue weighted by Crippen LogP contribution is -2.56. The molecular formula is C24H28N4O2. The van der Waals surface area contributed by atoms with Crippen LogP contribution in [-0.2, 0) is 11.3 Å². The van der Waals surface area contributed by atoms with Gasteiger partial charge < -0.3 is 9.80 Å². The highest BCUT2D eigenvalue weighted by atomic mass is 16.2. The zero-order chi connectivity index (χ0) is 20.7. The summed E-state index contributed by atoms with van der Waals surface area (Å²) >= 11 is 0. The average Bonchev–Trinajstić information content (AvgIpc) is 3.29. The highest BCUT2D eigenvalue weighted by Gasteiger charge is 2.60. The summed E-state index contributed by atoms with van der Waals surface area (Å²) in [5, 5.41) is 0. The number of hydrogen-bond acceptors (Lipinski definition) is 4. The fourth-order valence-electron chi connectivity index (χ4n) is 5.84. The van der Waals surface area contributed by atoms with Crippen molar-refractivity contribution in [2.45, 2.75) is 24.9 Å². The monoisotopic (exact) mass is 404 g/mol. The van der Waals surface area contributed by atoms with E-state index in [9.17, 15) is 9.59 Å². The standard InChI is InChI=1S/C24H28N4O2/c1-26-23(30)20-16-27(15-18-6-5-11-25-14-18)17-21(20)24(26)9-12-28(13-10-24)22(29)19-7-3-2-4-8-19/h2-8,11,14,20-21H,9-10,12-13,15-17H2,1H3/t20-,21+/m0/s1. The molecule has 0 bridgehead atoms. The predicted octanol–water partition coefficient (Wildman–Crippen LogP) is 2.28. The van der Waals surface area contributed by atoms with Gasteiger partial charge in [0.1, 0.15) is 0 Å². The van der Waals surface area contributed by atoms with E-state index in [1.807, 2.05) is 59.4 Å². The molecule has 3 aliphatic heterocycles. The van der Waals surface area contributed by atoms with Crippen LogP contribution in [0.2, 0.25) is 0 Å². The van der Waals surface area contributed by atoms with E-state index in [1.54, 1.807) is 6.20 Å². The minimum Gasteiger partial charge on any atom is -0.339 e. The van der Waals surface area contributed by atoms with Gasteiger partial charge in [-0.15, -0.1) is 0 Å². The summed E-state index contributed by atoms with van der Waals surface area (Å²) in [5.74, 6) is 0.777. The number of pyridine rings is 1. The van der Waals surface area contributed by atoms with Crippen molar-refractivity contribution in [2.24, 2.45) is 11.8 Å². The summed E-state index contributed by atoms with van der Waals surface area (Å²) in [6, 6.07) is 13.6. The lowest BCUT2D eigenvalue weighted by Gasteiger charge is -2.46. The molecule has 156 valence electrons. The predicted molar refractivity (Wildman–Crippen MR) is 114 cm³/mol. The maximum Gasteiger partial charge on any atom is 0.253 e. The van der Waals surface area contributed by atoms with Gasteiger partial charge in [-0.1, -0.05) is 24.3 Å². The summed E-state index contributed by atoms with van der Waals surface area (Å²) in [7, 11) is 1.97. The minimum atomic E-state index is -0.126. The van der Waals surface area contributed by atoms with Gasteiger partial charge in [-0.2, -0.15) is 0 Å². The van der Waals surface area contributed by atoms with Crippen molar-refractivity contribution in [3.8, 4) is 0 Å². The Balaban J connectivity index is 1.30. The van der Waals surface area contributed by atoms with Crippen molar-refractivity contribution in [1.29, 1.82) is 0 Å². The topological polar surface area (TPSA) is 56.8 Å². The molecule has 30 heavy (non-hydrogen) atoms. The molecule has 1 aromatic carbocycles. The van der Waals surface area contributed by atoms with Crippen molar-refractivity contribution in [1.82, 2.24) is 19.7 Å². The van der Waals surface area contributed by atoms with E-state index in [2.05, 4.69) is 16.0 Å². The van der Waals surface area contributed by atoms with Crippen molar-refractivity contribution < 1.29 is 9.59 Å². The zero-order valence-corrected chi connectivity index (χ0v) is 17.4. The van der Waals surface area contributed by atoms with Gasteiger partial charge in [-0.05, 0) is 36.6 Å². The second-order valence-corrected chi connectivity index (χ2v) is 8.93. The SMILES string of the molecule is CN1C(=O)[C@H]2CN(Cc3cccnc3)C[C@H]2C12CCN(C(=O)c1ccccc1)CC2. The number of hydrogen-bond donors (Lipinski definition) is 0. The van der Waals surface area contributed by atoms with Crippen LogP contribution in [0, 0.1) is 11.8 Å². The number of piperidine rings is 1. The van der Waals surface area contributed by atoms with Gasteiger partial charge in [0.25, 0.3) is 5.91 Å². The van der Waals surface area contributed by atoms with E-state index < -0.39 is 0 Å². The first-order chi connectivity index (χ1) is 14.6. The number of carbonyl (C=O) groups is 2. The molecule has 0 aliphatic carbocycles. The van der Waals surface area contributed by atoms with E-state index in [1.165, 1.54) is 5.56 Å². The Labute approximate surface area is 177 Å². The van der Waals surface area contributed by atoms with Crippen LogP contribution in [0.3, 0.4) is 0 Å². The van der Waals surface area contributed by atoms with Crippen LogP contribution < -0.4 is 0 Å². The Bertz CT molecular complexity index is 925. The molecule has 0 saturated carbocycles. The number of rotatable bonds is 3. The zero-order valence-electron chi connectivity index (χ0n) is 17.4. The molecular weight excluding hydrogens is 376 g/mol. The average molecular weight is 405 g/mol. The molecule has 6 nitrogen and oxygen atoms in total. The Morgan fingerprint density at radius 2 is 1.87 bits per heavy atom. The maximum absolute atomic E-state index is 13.1. The van der Waals surface area contributed by atoms with E-state index in [0.29, 0.717) is 19.0 Å². The summed E-state index contributed by atoms with van der Waals surface area (Å²) in [4.78, 5) is 36.6. The van der Waals surface area contributed by atoms with Crippen molar-refractivity contribution in [3.63, 3.8) is 0 Å². The highest BCUT2D eigenvalue weighted by Crippen LogP contribution is 2.49. The molecule has 3 aliphatic rings. The van der Waals surface area contributed by atoms with E-state index in [-0.39, 0.29) is 23.3 Å². The molecule has 1 spiro atoms. The third-order valence-electron chi connectivity index (χ3n) is 7.47. The molecule has 0 N–H and O–H groups in total. The van der Waals surface area contributed by atoms with Gasteiger partial charge >= 0.3 is 0 Å². The molecule has 4 heterocycles. The molecule has 0 unspecified atom stereocenters. The van der Waals surface area contributed by atoms with Crippen LogP contribution in [0.4, 0.5) is 0 Å². The largest absolute Gasteiger partial charge is 0.339 e. The number of fused-ring (bicyclic) bond motifs is 2. The van der Waals surface area contributed by atoms with E-state index in [4.69, 9.17) is 0 Å². The molecule has 3 saturated heterocycles. The third-order valence-corrected chi connectivity index (χ3v) is 7.47. The van der Waals surface area contributed by atoms with Crippen LogP contribution in [0.25, 0.3) is 0 Å². The lowest BCUT2D eigenvalue weighted by atomic mass is 9.75. The number of amides is 2. The Morgan fingerprint density at radius 3 is 2.57 bits per heavy atom. The number of carbonyl (C=O) groups excluding carboxylic acids is 2. The van der Waals surface area contributed by atoms with E-state index in [0.717, 1.165) is 38.0 Å². The van der Waals surface area contributed by atoms with Gasteiger partial charge in [0.2, 0.25) is 5.91 Å². The van der Waals surface area contributed by atoms with Crippen LogP contribution in [0.1, 0.15) is 28.8 Å². The highest BCUT2D eigenvalue weighted by molar-refractivity contribution is 5.94. The normalized spacial score (nSPS) is 25.7. The number of likely N-dealkylation sites (tertiary alicyclic amines) is 3. The molecule has 5 rings (SSSR count). The first-order valence-corrected chi connectivity index (χ1v) is 10.8. The minimum absolute atomic E-state index is 0.0723. The van der Waals surface area contributed by atoms with Gasteiger partial charge in [-0.3, -0.25) is 19.5 Å². The van der Waals surface area contributed by atoms with Crippen LogP contribution >= 0.6 is 0 Å². The summed E-state index contributed by atoms with van der Waals surface area (Å²) in [6.07, 6.45) is 5.41. The van der Waals surface area contributed by atoms with Gasteiger partial charge in [-0.25, -0.2) is 0 Å². The third kappa shape index (κ3) is 3.10. The molecule has 2 amide bonds. The molecule has 0 radical (unpaired) electrons. The van der Waals surface area contributed by atoms with Crippen molar-refractivity contribution in [2.75, 3.05) is 33.2 Å². The Hall–Kier alpha value is -2.73. The molecule has 2 atom stereocenters. The quantitative estimate of drug-likeness (QED) is 0.788. The molecule has 3 fully saturated rings. The van der Waals surface area contributed by atoms with Crippen molar-refractivity contribution >= 4 is 11.8 Å². The first kappa shape index (κ1) is 19.2. The summed E-state index contributed by atoms with van der Waals surface area (Å²) in [6.45, 7) is 4.00. The number of benzene rings is 1. The summed E-state index contributed by atoms with van der Waals surface area (Å²) < 4.78 is 0. The second-order valence-electron chi connectivity index (χ2n) is 8.93. The lowest BCUT2D eigenvalue weighted by molar-refractivity contribution is -0.133. The van der Waals surface area contributed by atoms with Gasteiger partial charge in [0.15, 0.2) is 0 Å². The Morgan fingerprint density at radius 1 is 1.10 bits per heavy atom. The van der Waals surface area contributed by atoms with Crippen LogP contribution in [-0.4, -0.2) is 70.3 Å². The number of nitrogens with zero attached hydrogens (tertiary/aromatic N) is 4. The van der Waals surface area contributed by atoms with Gasteiger partial charge in [0.05, 0.1) is 11.5 Å². The first-order valence-electron chi connectivity index (χ1n) is 10.8. The maximum atomic E-state index is 13.1. The van der Waals surface area contributed by atoms with Crippen LogP contribution in [0.5, 0.6) is 0 Å². The fraction of sp³-hybridized carbons (Fsp3) is 0.458. The van der Waals surface area contributed by atoms with Gasteiger partial charge in [0, 0.05) is 63.6 Å². The van der Waals surface area contributed by atoms with Crippen LogP contribution in [0.15, 0.2) is 54.9 Å². The molecule has 2 aromatic rings. The smallest absolute Gasteiger partial charge is 0.253 e. The second kappa shape index (κ2) is 7.51.